The van der Waals surface area contributed by atoms with E-state index in [1.807, 2.05) is 0 Å². The van der Waals surface area contributed by atoms with Crippen LogP contribution in [0.25, 0.3) is 0 Å². The van der Waals surface area contributed by atoms with Crippen LogP contribution in [0.15, 0.2) is 0 Å². The first-order valence-electron chi connectivity index (χ1n) is 11.6. The van der Waals surface area contributed by atoms with Gasteiger partial charge in [0.15, 0.2) is 0 Å². The maximum Gasteiger partial charge on any atom is -0.0324 e. The average molecular weight is 338 g/mol. The van der Waals surface area contributed by atoms with Crippen molar-refractivity contribution in [2.24, 2.45) is 11.8 Å². The molecule has 1 radical (unpaired) electrons. The molecule has 0 saturated heterocycles. The molecule has 0 heteroatoms. The summed E-state index contributed by atoms with van der Waals surface area (Å²) in [6.07, 6.45) is 27.0. The minimum absolute atomic E-state index is 0.897. The highest BCUT2D eigenvalue weighted by atomic mass is 14.2. The van der Waals surface area contributed by atoms with Crippen molar-refractivity contribution in [3.05, 3.63) is 6.42 Å². The van der Waals surface area contributed by atoms with Crippen LogP contribution in [-0.4, -0.2) is 0 Å². The van der Waals surface area contributed by atoms with E-state index in [0.717, 1.165) is 11.8 Å². The Kier molecular flexibility index (Phi) is 19.3. The Morgan fingerprint density at radius 2 is 0.833 bits per heavy atom. The molecule has 2 unspecified atom stereocenters. The monoisotopic (exact) mass is 337 g/mol. The molecule has 0 amide bonds. The molecule has 0 heterocycles. The quantitative estimate of drug-likeness (QED) is 0.206. The van der Waals surface area contributed by atoms with Crippen LogP contribution in [0.2, 0.25) is 0 Å². The number of hydrogen-bond acceptors (Lipinski definition) is 0. The molecule has 0 aliphatic carbocycles. The summed E-state index contributed by atoms with van der Waals surface area (Å²) in [4.78, 5) is 0. The lowest BCUT2D eigenvalue weighted by molar-refractivity contribution is 0.375. The van der Waals surface area contributed by atoms with Crippen molar-refractivity contribution < 1.29 is 0 Å². The van der Waals surface area contributed by atoms with E-state index in [2.05, 4.69) is 34.1 Å². The van der Waals surface area contributed by atoms with Gasteiger partial charge in [0.05, 0.1) is 0 Å². The van der Waals surface area contributed by atoms with Crippen LogP contribution in [0.5, 0.6) is 0 Å². The van der Waals surface area contributed by atoms with E-state index in [-0.39, 0.29) is 0 Å². The summed E-state index contributed by atoms with van der Waals surface area (Å²) in [5.74, 6) is 1.80. The van der Waals surface area contributed by atoms with Crippen LogP contribution in [0.4, 0.5) is 0 Å². The van der Waals surface area contributed by atoms with Gasteiger partial charge in [0.1, 0.15) is 0 Å². The molecular formula is C24H49. The molecule has 0 saturated carbocycles. The molecule has 0 fully saturated rings. The third kappa shape index (κ3) is 15.5. The molecule has 0 aliphatic heterocycles. The zero-order chi connectivity index (χ0) is 17.9. The van der Waals surface area contributed by atoms with Crippen molar-refractivity contribution in [1.29, 1.82) is 0 Å². The Balaban J connectivity index is 4.11. The van der Waals surface area contributed by atoms with Gasteiger partial charge in [-0.2, -0.15) is 0 Å². The largest absolute Gasteiger partial charge is 0.0654 e. The highest BCUT2D eigenvalue weighted by molar-refractivity contribution is 4.84. The van der Waals surface area contributed by atoms with E-state index >= 15 is 0 Å². The van der Waals surface area contributed by atoms with Crippen LogP contribution in [0.1, 0.15) is 137 Å². The van der Waals surface area contributed by atoms with Crippen molar-refractivity contribution in [3.63, 3.8) is 0 Å². The second kappa shape index (κ2) is 19.3. The summed E-state index contributed by atoms with van der Waals surface area (Å²) in [5, 5.41) is 0. The molecular weight excluding hydrogens is 288 g/mol. The summed E-state index contributed by atoms with van der Waals surface area (Å²) in [5.41, 5.74) is 0. The van der Waals surface area contributed by atoms with Gasteiger partial charge in [0.2, 0.25) is 0 Å². The Labute approximate surface area is 155 Å². The van der Waals surface area contributed by atoms with Crippen LogP contribution >= 0.6 is 0 Å². The molecule has 0 aromatic heterocycles. The topological polar surface area (TPSA) is 0 Å². The van der Waals surface area contributed by atoms with Crippen molar-refractivity contribution in [2.45, 2.75) is 137 Å². The highest BCUT2D eigenvalue weighted by Gasteiger charge is 2.16. The van der Waals surface area contributed by atoms with Crippen LogP contribution < -0.4 is 0 Å². The van der Waals surface area contributed by atoms with Gasteiger partial charge in [-0.05, 0) is 18.3 Å². The van der Waals surface area contributed by atoms with E-state index < -0.39 is 0 Å². The normalized spacial score (nSPS) is 14.0. The molecule has 0 nitrogen and oxygen atoms in total. The smallest absolute Gasteiger partial charge is 0.0324 e. The molecule has 0 N–H and O–H groups in total. The van der Waals surface area contributed by atoms with E-state index in [1.54, 1.807) is 0 Å². The molecule has 145 valence electrons. The fraction of sp³-hybridized carbons (Fsp3) is 0.958. The van der Waals surface area contributed by atoms with Gasteiger partial charge >= 0.3 is 0 Å². The average Bonchev–Trinajstić information content (AvgIpc) is 2.59. The van der Waals surface area contributed by atoms with Gasteiger partial charge < -0.3 is 0 Å². The molecule has 24 heavy (non-hydrogen) atoms. The van der Waals surface area contributed by atoms with E-state index in [1.165, 1.54) is 109 Å². The summed E-state index contributed by atoms with van der Waals surface area (Å²) in [7, 11) is 0. The zero-order valence-electron chi connectivity index (χ0n) is 17.8. The number of rotatable bonds is 19. The minimum Gasteiger partial charge on any atom is -0.0654 e. The molecule has 0 aromatic rings. The van der Waals surface area contributed by atoms with E-state index in [4.69, 9.17) is 0 Å². The summed E-state index contributed by atoms with van der Waals surface area (Å²) in [6, 6.07) is 0. The Hall–Kier alpha value is 0. The number of unbranched alkanes of at least 4 members (excludes halogenated alkanes) is 9. The third-order valence-electron chi connectivity index (χ3n) is 5.49. The van der Waals surface area contributed by atoms with Gasteiger partial charge in [-0.15, -0.1) is 0 Å². The predicted molar refractivity (Wildman–Crippen MR) is 112 cm³/mol. The SMILES string of the molecule is CCCCCCCCC([CH]C(CCC)CCCCCC)CCCC. The summed E-state index contributed by atoms with van der Waals surface area (Å²) >= 11 is 0. The van der Waals surface area contributed by atoms with Crippen LogP contribution in [-0.2, 0) is 0 Å². The Bertz CT molecular complexity index is 220. The summed E-state index contributed by atoms with van der Waals surface area (Å²) in [6.45, 7) is 9.33. The first-order chi connectivity index (χ1) is 11.8. The Morgan fingerprint density at radius 1 is 0.417 bits per heavy atom. The van der Waals surface area contributed by atoms with Crippen LogP contribution in [0, 0.1) is 18.3 Å². The maximum atomic E-state index is 2.80. The standard InChI is InChI=1S/C24H49/c1-5-9-12-14-15-17-21-24(19-11-7-3)22-23(18-8-4)20-16-13-10-6-2/h22-24H,5-21H2,1-4H3. The fourth-order valence-corrected chi connectivity index (χ4v) is 3.92. The van der Waals surface area contributed by atoms with Crippen molar-refractivity contribution in [1.82, 2.24) is 0 Å². The van der Waals surface area contributed by atoms with Gasteiger partial charge in [-0.25, -0.2) is 0 Å². The van der Waals surface area contributed by atoms with Gasteiger partial charge in [0.25, 0.3) is 0 Å². The molecule has 0 aromatic carbocycles. The van der Waals surface area contributed by atoms with Gasteiger partial charge in [-0.3, -0.25) is 0 Å². The van der Waals surface area contributed by atoms with Crippen molar-refractivity contribution in [3.8, 4) is 0 Å². The highest BCUT2D eigenvalue weighted by Crippen LogP contribution is 2.29. The van der Waals surface area contributed by atoms with E-state index in [9.17, 15) is 0 Å². The van der Waals surface area contributed by atoms with E-state index in [0.29, 0.717) is 0 Å². The lowest BCUT2D eigenvalue weighted by Crippen LogP contribution is -2.11. The molecule has 0 aliphatic rings. The maximum absolute atomic E-state index is 2.80. The van der Waals surface area contributed by atoms with Crippen LogP contribution in [0.3, 0.4) is 0 Å². The molecule has 2 atom stereocenters. The molecule has 0 rings (SSSR count). The van der Waals surface area contributed by atoms with Crippen molar-refractivity contribution in [2.75, 3.05) is 0 Å². The lowest BCUT2D eigenvalue weighted by atomic mass is 9.82. The predicted octanol–water partition coefficient (Wildman–Crippen LogP) is 9.13. The first kappa shape index (κ1) is 24.0. The zero-order valence-corrected chi connectivity index (χ0v) is 17.8. The van der Waals surface area contributed by atoms with Gasteiger partial charge in [0, 0.05) is 0 Å². The number of hydrogen-bond donors (Lipinski definition) is 0. The third-order valence-corrected chi connectivity index (χ3v) is 5.49. The first-order valence-corrected chi connectivity index (χ1v) is 11.6. The fourth-order valence-electron chi connectivity index (χ4n) is 3.92. The minimum atomic E-state index is 0.897. The molecule has 0 spiro atoms. The second-order valence-electron chi connectivity index (χ2n) is 8.05. The summed E-state index contributed by atoms with van der Waals surface area (Å²) < 4.78 is 0. The molecule has 0 bridgehead atoms. The van der Waals surface area contributed by atoms with Crippen molar-refractivity contribution >= 4 is 0 Å². The van der Waals surface area contributed by atoms with Gasteiger partial charge in [-0.1, -0.05) is 137 Å². The lowest BCUT2D eigenvalue weighted by Gasteiger charge is -2.23. The Morgan fingerprint density at radius 3 is 1.38 bits per heavy atom. The second-order valence-corrected chi connectivity index (χ2v) is 8.05.